The molecule has 0 saturated heterocycles. The molecule has 0 atom stereocenters. The third-order valence-corrected chi connectivity index (χ3v) is 5.03. The van der Waals surface area contributed by atoms with E-state index in [9.17, 15) is 8.42 Å². The Morgan fingerprint density at radius 3 is 2.50 bits per heavy atom. The summed E-state index contributed by atoms with van der Waals surface area (Å²) in [6, 6.07) is 11.7. The molecular weight excluding hydrogens is 344 g/mol. The predicted octanol–water partition coefficient (Wildman–Crippen LogP) is 3.38. The van der Waals surface area contributed by atoms with E-state index in [-0.39, 0.29) is 21.8 Å². The van der Waals surface area contributed by atoms with Crippen molar-refractivity contribution < 1.29 is 12.8 Å². The molecule has 0 unspecified atom stereocenters. The minimum Gasteiger partial charge on any atom is -0.451 e. The average Bonchev–Trinajstić information content (AvgIpc) is 3.16. The minimum absolute atomic E-state index is 0.0512. The Morgan fingerprint density at radius 2 is 1.91 bits per heavy atom. The van der Waals surface area contributed by atoms with Crippen LogP contribution in [0.5, 0.6) is 0 Å². The van der Waals surface area contributed by atoms with Gasteiger partial charge >= 0.3 is 10.0 Å². The highest BCUT2D eigenvalue weighted by Crippen LogP contribution is 2.32. The molecular formula is C14H9ClN2O3S2. The molecule has 2 heterocycles. The standard InChI is InChI=1S/C14H9ClN2O3S2/c15-14-13(10-5-2-1-3-6-10)17(11(9-21)16-14)22(18,19)12-7-4-8-20-12/h1-9H. The van der Waals surface area contributed by atoms with E-state index in [1.165, 1.54) is 23.8 Å². The van der Waals surface area contributed by atoms with Crippen LogP contribution in [-0.4, -0.2) is 22.7 Å². The lowest BCUT2D eigenvalue weighted by atomic mass is 10.2. The van der Waals surface area contributed by atoms with Gasteiger partial charge in [-0.1, -0.05) is 54.2 Å². The molecule has 8 heteroatoms. The number of furan rings is 1. The Hall–Kier alpha value is -1.96. The highest BCUT2D eigenvalue weighted by Gasteiger charge is 2.29. The molecule has 0 aliphatic heterocycles. The molecule has 1 aromatic carbocycles. The van der Waals surface area contributed by atoms with Gasteiger partial charge in [0.15, 0.2) is 11.0 Å². The second kappa shape index (κ2) is 5.68. The summed E-state index contributed by atoms with van der Waals surface area (Å²) in [5.74, 6) is 0.0512. The van der Waals surface area contributed by atoms with Crippen LogP contribution in [0.15, 0.2) is 58.2 Å². The van der Waals surface area contributed by atoms with Gasteiger partial charge in [-0.15, -0.1) is 0 Å². The van der Waals surface area contributed by atoms with E-state index in [1.807, 2.05) is 6.07 Å². The average molecular weight is 353 g/mol. The van der Waals surface area contributed by atoms with Gasteiger partial charge in [0.2, 0.25) is 5.09 Å². The molecule has 0 amide bonds. The maximum absolute atomic E-state index is 12.8. The van der Waals surface area contributed by atoms with Crippen molar-refractivity contribution in [1.82, 2.24) is 8.96 Å². The van der Waals surface area contributed by atoms with Crippen molar-refractivity contribution in [3.8, 4) is 11.3 Å². The SMILES string of the molecule is O=S(=O)(c1ccco1)n1c(C=S)nc(Cl)c1-c1ccccc1. The number of halogens is 1. The molecule has 22 heavy (non-hydrogen) atoms. The third kappa shape index (κ3) is 2.37. The van der Waals surface area contributed by atoms with E-state index in [4.69, 9.17) is 28.2 Å². The molecule has 0 saturated carbocycles. The van der Waals surface area contributed by atoms with Crippen LogP contribution in [0, 0.1) is 0 Å². The first-order chi connectivity index (χ1) is 10.6. The van der Waals surface area contributed by atoms with Crippen molar-refractivity contribution in [2.75, 3.05) is 0 Å². The van der Waals surface area contributed by atoms with E-state index in [2.05, 4.69) is 4.98 Å². The maximum atomic E-state index is 12.8. The van der Waals surface area contributed by atoms with Crippen molar-refractivity contribution in [3.63, 3.8) is 0 Å². The first kappa shape index (κ1) is 15.0. The van der Waals surface area contributed by atoms with Crippen LogP contribution >= 0.6 is 23.8 Å². The molecule has 2 aromatic heterocycles. The molecule has 112 valence electrons. The van der Waals surface area contributed by atoms with Crippen LogP contribution in [0.4, 0.5) is 0 Å². The Bertz CT molecular complexity index is 917. The zero-order valence-electron chi connectivity index (χ0n) is 11.0. The van der Waals surface area contributed by atoms with Crippen LogP contribution in [0.2, 0.25) is 5.15 Å². The van der Waals surface area contributed by atoms with Gasteiger partial charge < -0.3 is 4.42 Å². The predicted molar refractivity (Wildman–Crippen MR) is 86.7 cm³/mol. The van der Waals surface area contributed by atoms with Crippen molar-refractivity contribution >= 4 is 39.2 Å². The van der Waals surface area contributed by atoms with Gasteiger partial charge in [-0.25, -0.2) is 8.96 Å². The highest BCUT2D eigenvalue weighted by molar-refractivity contribution is 7.90. The quantitative estimate of drug-likeness (QED) is 0.673. The Kier molecular flexibility index (Phi) is 3.86. The van der Waals surface area contributed by atoms with Crippen LogP contribution in [0.1, 0.15) is 5.82 Å². The summed E-state index contributed by atoms with van der Waals surface area (Å²) in [5.41, 5.74) is 0.855. The van der Waals surface area contributed by atoms with E-state index >= 15 is 0 Å². The van der Waals surface area contributed by atoms with Crippen molar-refractivity contribution in [3.05, 3.63) is 59.7 Å². The van der Waals surface area contributed by atoms with E-state index in [0.717, 1.165) is 3.97 Å². The summed E-state index contributed by atoms with van der Waals surface area (Å²) >= 11 is 11.0. The number of aromatic nitrogens is 2. The normalized spacial score (nSPS) is 11.5. The van der Waals surface area contributed by atoms with Crippen molar-refractivity contribution in [2.45, 2.75) is 5.09 Å². The zero-order chi connectivity index (χ0) is 15.7. The first-order valence-corrected chi connectivity index (χ1v) is 8.42. The maximum Gasteiger partial charge on any atom is 0.303 e. The summed E-state index contributed by atoms with van der Waals surface area (Å²) in [7, 11) is -3.99. The first-order valence-electron chi connectivity index (χ1n) is 6.13. The van der Waals surface area contributed by atoms with Gasteiger partial charge in [-0.3, -0.25) is 0 Å². The lowest BCUT2D eigenvalue weighted by molar-refractivity contribution is 0.447. The number of hydrogen-bond donors (Lipinski definition) is 0. The van der Waals surface area contributed by atoms with Gasteiger partial charge in [0.1, 0.15) is 5.69 Å². The number of benzene rings is 1. The fourth-order valence-corrected chi connectivity index (χ4v) is 3.98. The molecule has 0 N–H and O–H groups in total. The van der Waals surface area contributed by atoms with Crippen LogP contribution in [-0.2, 0) is 10.0 Å². The summed E-state index contributed by atoms with van der Waals surface area (Å²) in [5, 5.41) is 1.01. The molecule has 0 aliphatic rings. The Morgan fingerprint density at radius 1 is 1.18 bits per heavy atom. The Labute approximate surface area is 137 Å². The molecule has 3 aromatic rings. The molecule has 5 nitrogen and oxygen atoms in total. The number of hydrogen-bond acceptors (Lipinski definition) is 5. The van der Waals surface area contributed by atoms with Gasteiger partial charge in [0.25, 0.3) is 0 Å². The van der Waals surface area contributed by atoms with Crippen LogP contribution in [0.3, 0.4) is 0 Å². The summed E-state index contributed by atoms with van der Waals surface area (Å²) in [6.45, 7) is 0. The molecule has 0 spiro atoms. The lowest BCUT2D eigenvalue weighted by Crippen LogP contribution is -2.16. The largest absolute Gasteiger partial charge is 0.451 e. The van der Waals surface area contributed by atoms with Crippen molar-refractivity contribution in [2.24, 2.45) is 0 Å². The van der Waals surface area contributed by atoms with E-state index in [1.54, 1.807) is 24.3 Å². The topological polar surface area (TPSA) is 65.1 Å². The summed E-state index contributed by atoms with van der Waals surface area (Å²) in [6.07, 6.45) is 1.28. The van der Waals surface area contributed by atoms with E-state index < -0.39 is 10.0 Å². The Balaban J connectivity index is 2.34. The molecule has 0 bridgehead atoms. The van der Waals surface area contributed by atoms with Crippen LogP contribution < -0.4 is 0 Å². The van der Waals surface area contributed by atoms with Gasteiger partial charge in [-0.2, -0.15) is 8.42 Å². The highest BCUT2D eigenvalue weighted by atomic mass is 35.5. The fraction of sp³-hybridized carbons (Fsp3) is 0. The minimum atomic E-state index is -3.99. The zero-order valence-corrected chi connectivity index (χ0v) is 13.4. The fourth-order valence-electron chi connectivity index (χ4n) is 2.05. The van der Waals surface area contributed by atoms with E-state index in [0.29, 0.717) is 5.56 Å². The van der Waals surface area contributed by atoms with Gasteiger partial charge in [-0.05, 0) is 12.1 Å². The molecule has 0 aliphatic carbocycles. The smallest absolute Gasteiger partial charge is 0.303 e. The number of imidazole rings is 1. The second-order valence-corrected chi connectivity index (χ2v) is 6.61. The lowest BCUT2D eigenvalue weighted by Gasteiger charge is -2.09. The number of thiocarbonyl (C=S) groups is 1. The number of nitrogens with zero attached hydrogens (tertiary/aromatic N) is 2. The van der Waals surface area contributed by atoms with Crippen LogP contribution in [0.25, 0.3) is 11.3 Å². The molecule has 0 fully saturated rings. The summed E-state index contributed by atoms with van der Waals surface area (Å²) in [4.78, 5) is 4.03. The summed E-state index contributed by atoms with van der Waals surface area (Å²) < 4.78 is 31.6. The number of rotatable bonds is 4. The molecule has 3 rings (SSSR count). The second-order valence-electron chi connectivity index (χ2n) is 4.29. The van der Waals surface area contributed by atoms with Gasteiger partial charge in [0, 0.05) is 10.9 Å². The van der Waals surface area contributed by atoms with Gasteiger partial charge in [0.05, 0.1) is 6.26 Å². The van der Waals surface area contributed by atoms with Crippen molar-refractivity contribution in [1.29, 1.82) is 0 Å². The monoisotopic (exact) mass is 352 g/mol. The molecule has 0 radical (unpaired) electrons. The third-order valence-electron chi connectivity index (χ3n) is 2.96.